The van der Waals surface area contributed by atoms with Gasteiger partial charge in [-0.2, -0.15) is 0 Å². The Kier molecular flexibility index (Phi) is 6.04. The summed E-state index contributed by atoms with van der Waals surface area (Å²) < 4.78 is 5.85. The first kappa shape index (κ1) is 12.1. The summed E-state index contributed by atoms with van der Waals surface area (Å²) >= 11 is 15.0. The second kappa shape index (κ2) is 6.49. The van der Waals surface area contributed by atoms with E-state index >= 15 is 0 Å². The molecular formula is C9H15BrCl2O. The van der Waals surface area contributed by atoms with Gasteiger partial charge < -0.3 is 4.74 Å². The van der Waals surface area contributed by atoms with Crippen LogP contribution >= 0.6 is 39.1 Å². The highest BCUT2D eigenvalue weighted by Crippen LogP contribution is 2.25. The van der Waals surface area contributed by atoms with Crippen LogP contribution in [0.15, 0.2) is 0 Å². The fourth-order valence-electron chi connectivity index (χ4n) is 1.59. The maximum atomic E-state index is 5.85. The number of halogens is 3. The third-order valence-corrected chi connectivity index (χ3v) is 4.30. The second-order valence-corrected chi connectivity index (χ2v) is 5.20. The Hall–Kier alpha value is 1.02. The smallest absolute Gasteiger partial charge is 0.0850 e. The lowest BCUT2D eigenvalue weighted by Crippen LogP contribution is -2.31. The van der Waals surface area contributed by atoms with Gasteiger partial charge in [-0.05, 0) is 12.8 Å². The van der Waals surface area contributed by atoms with Crippen LogP contribution in [0, 0.1) is 0 Å². The van der Waals surface area contributed by atoms with Crippen LogP contribution in [-0.2, 0) is 4.74 Å². The first-order valence-electron chi connectivity index (χ1n) is 4.69. The predicted octanol–water partition coefficient (Wildman–Crippen LogP) is 3.56. The average Bonchev–Trinajstić information content (AvgIpc) is 2.65. The van der Waals surface area contributed by atoms with Crippen molar-refractivity contribution in [2.24, 2.45) is 0 Å². The molecule has 1 saturated carbocycles. The zero-order valence-electron chi connectivity index (χ0n) is 7.52. The van der Waals surface area contributed by atoms with Crippen LogP contribution < -0.4 is 0 Å². The molecule has 1 rings (SSSR count). The molecule has 1 aliphatic carbocycles. The Balaban J connectivity index is 2.29. The third-order valence-electron chi connectivity index (χ3n) is 2.37. The van der Waals surface area contributed by atoms with E-state index in [2.05, 4.69) is 15.9 Å². The molecule has 0 aromatic heterocycles. The molecule has 0 aliphatic heterocycles. The summed E-state index contributed by atoms with van der Waals surface area (Å²) in [5.74, 6) is 1.06. The van der Waals surface area contributed by atoms with Gasteiger partial charge in [-0.15, -0.1) is 23.2 Å². The van der Waals surface area contributed by atoms with Crippen LogP contribution in [0.3, 0.4) is 0 Å². The molecule has 0 aromatic rings. The summed E-state index contributed by atoms with van der Waals surface area (Å²) in [6.45, 7) is 0. The molecule has 1 nitrogen and oxygen atoms in total. The normalized spacial score (nSPS) is 23.3. The molecular weight excluding hydrogens is 275 g/mol. The molecule has 4 heteroatoms. The first-order valence-corrected chi connectivity index (χ1v) is 6.68. The summed E-state index contributed by atoms with van der Waals surface area (Å²) in [7, 11) is 0. The van der Waals surface area contributed by atoms with Gasteiger partial charge in [0, 0.05) is 11.8 Å². The molecule has 78 valence electrons. The van der Waals surface area contributed by atoms with E-state index in [9.17, 15) is 0 Å². The van der Waals surface area contributed by atoms with E-state index in [4.69, 9.17) is 27.9 Å². The van der Waals surface area contributed by atoms with Crippen molar-refractivity contribution >= 4 is 39.1 Å². The van der Waals surface area contributed by atoms with Gasteiger partial charge in [0.15, 0.2) is 0 Å². The molecule has 0 bridgehead atoms. The molecule has 0 saturated heterocycles. The lowest BCUT2D eigenvalue weighted by atomic mass is 10.2. The monoisotopic (exact) mass is 288 g/mol. The number of hydrogen-bond acceptors (Lipinski definition) is 1. The molecule has 0 heterocycles. The Labute approximate surface area is 98.2 Å². The Bertz CT molecular complexity index is 140. The van der Waals surface area contributed by atoms with Gasteiger partial charge in [0.2, 0.25) is 0 Å². The molecule has 0 N–H and O–H groups in total. The highest BCUT2D eigenvalue weighted by atomic mass is 79.9. The Morgan fingerprint density at radius 2 is 1.85 bits per heavy atom. The fourth-order valence-corrected chi connectivity index (χ4v) is 2.60. The highest BCUT2D eigenvalue weighted by Gasteiger charge is 2.24. The minimum absolute atomic E-state index is 0.0577. The largest absolute Gasteiger partial charge is 0.373 e. The maximum absolute atomic E-state index is 5.85. The molecule has 0 spiro atoms. The SMILES string of the molecule is ClCC(Br)C(CCl)OC1CCCC1. The van der Waals surface area contributed by atoms with E-state index in [1.165, 1.54) is 25.7 Å². The van der Waals surface area contributed by atoms with Gasteiger partial charge >= 0.3 is 0 Å². The van der Waals surface area contributed by atoms with Crippen molar-refractivity contribution < 1.29 is 4.74 Å². The molecule has 0 radical (unpaired) electrons. The molecule has 13 heavy (non-hydrogen) atoms. The average molecular weight is 290 g/mol. The van der Waals surface area contributed by atoms with Crippen LogP contribution in [0.1, 0.15) is 25.7 Å². The van der Waals surface area contributed by atoms with Crippen molar-refractivity contribution in [2.45, 2.75) is 42.7 Å². The minimum Gasteiger partial charge on any atom is -0.373 e. The van der Waals surface area contributed by atoms with Crippen molar-refractivity contribution in [3.63, 3.8) is 0 Å². The summed E-state index contributed by atoms with van der Waals surface area (Å²) in [5, 5.41) is 0. The molecule has 1 aliphatic rings. The summed E-state index contributed by atoms with van der Waals surface area (Å²) in [4.78, 5) is 0.173. The topological polar surface area (TPSA) is 9.23 Å². The minimum atomic E-state index is 0.0577. The van der Waals surface area contributed by atoms with Crippen LogP contribution in [-0.4, -0.2) is 28.8 Å². The van der Waals surface area contributed by atoms with Crippen molar-refractivity contribution in [2.75, 3.05) is 11.8 Å². The standard InChI is InChI=1S/C9H15BrCl2O/c10-8(5-11)9(6-12)13-7-3-1-2-4-7/h7-9H,1-6H2. The van der Waals surface area contributed by atoms with E-state index in [0.29, 0.717) is 17.9 Å². The first-order chi connectivity index (χ1) is 6.27. The molecule has 1 fully saturated rings. The Morgan fingerprint density at radius 3 is 2.31 bits per heavy atom. The van der Waals surface area contributed by atoms with Gasteiger partial charge in [0.1, 0.15) is 0 Å². The molecule has 2 unspecified atom stereocenters. The Morgan fingerprint density at radius 1 is 1.23 bits per heavy atom. The fraction of sp³-hybridized carbons (Fsp3) is 1.00. The maximum Gasteiger partial charge on any atom is 0.0850 e. The zero-order valence-corrected chi connectivity index (χ0v) is 10.6. The van der Waals surface area contributed by atoms with Gasteiger partial charge in [0.05, 0.1) is 17.0 Å². The van der Waals surface area contributed by atoms with Crippen molar-refractivity contribution in [3.05, 3.63) is 0 Å². The van der Waals surface area contributed by atoms with Gasteiger partial charge in [-0.3, -0.25) is 0 Å². The zero-order chi connectivity index (χ0) is 9.68. The van der Waals surface area contributed by atoms with Gasteiger partial charge in [-0.1, -0.05) is 28.8 Å². The predicted molar refractivity (Wildman–Crippen MR) is 61.3 cm³/mol. The lowest BCUT2D eigenvalue weighted by molar-refractivity contribution is 0.00690. The van der Waals surface area contributed by atoms with Crippen LogP contribution in [0.2, 0.25) is 0 Å². The van der Waals surface area contributed by atoms with E-state index in [0.717, 1.165) is 0 Å². The second-order valence-electron chi connectivity index (χ2n) is 3.41. The quantitative estimate of drug-likeness (QED) is 0.703. The van der Waals surface area contributed by atoms with Crippen molar-refractivity contribution in [1.82, 2.24) is 0 Å². The van der Waals surface area contributed by atoms with Crippen LogP contribution in [0.4, 0.5) is 0 Å². The lowest BCUT2D eigenvalue weighted by Gasteiger charge is -2.23. The number of hydrogen-bond donors (Lipinski definition) is 0. The van der Waals surface area contributed by atoms with Gasteiger partial charge in [0.25, 0.3) is 0 Å². The third kappa shape index (κ3) is 3.94. The molecule has 0 amide bonds. The number of alkyl halides is 3. The van der Waals surface area contributed by atoms with Crippen LogP contribution in [0.25, 0.3) is 0 Å². The van der Waals surface area contributed by atoms with Crippen LogP contribution in [0.5, 0.6) is 0 Å². The molecule has 2 atom stereocenters. The van der Waals surface area contributed by atoms with E-state index in [-0.39, 0.29) is 10.9 Å². The van der Waals surface area contributed by atoms with E-state index in [1.807, 2.05) is 0 Å². The number of ether oxygens (including phenoxy) is 1. The molecule has 0 aromatic carbocycles. The number of rotatable bonds is 5. The van der Waals surface area contributed by atoms with Gasteiger partial charge in [-0.25, -0.2) is 0 Å². The van der Waals surface area contributed by atoms with Crippen molar-refractivity contribution in [1.29, 1.82) is 0 Å². The highest BCUT2D eigenvalue weighted by molar-refractivity contribution is 9.09. The van der Waals surface area contributed by atoms with Crippen molar-refractivity contribution in [3.8, 4) is 0 Å². The van der Waals surface area contributed by atoms with E-state index in [1.54, 1.807) is 0 Å². The summed E-state index contributed by atoms with van der Waals surface area (Å²) in [6, 6.07) is 0. The van der Waals surface area contributed by atoms with E-state index < -0.39 is 0 Å². The summed E-state index contributed by atoms with van der Waals surface area (Å²) in [6.07, 6.45) is 5.39. The summed E-state index contributed by atoms with van der Waals surface area (Å²) in [5.41, 5.74) is 0.